The molecule has 2 atom stereocenters. The fourth-order valence-corrected chi connectivity index (χ4v) is 5.37. The highest BCUT2D eigenvalue weighted by atomic mass is 35.5. The summed E-state index contributed by atoms with van der Waals surface area (Å²) < 4.78 is 39.0. The summed E-state index contributed by atoms with van der Waals surface area (Å²) in [5, 5.41) is 0. The summed E-state index contributed by atoms with van der Waals surface area (Å²) in [7, 11) is -7.64. The Balaban J connectivity index is 3.07. The van der Waals surface area contributed by atoms with Crippen LogP contribution in [0.1, 0.15) is 25.8 Å². The molecule has 0 saturated heterocycles. The van der Waals surface area contributed by atoms with E-state index in [0.29, 0.717) is 0 Å². The molecule has 0 aliphatic heterocycles. The Kier molecular flexibility index (Phi) is 6.44. The number of hydrogen-bond acceptors (Lipinski definition) is 3. The van der Waals surface area contributed by atoms with Crippen molar-refractivity contribution in [2.45, 2.75) is 37.9 Å². The summed E-state index contributed by atoms with van der Waals surface area (Å²) >= 11 is 5.52. The minimum absolute atomic E-state index is 0.0550. The summed E-state index contributed by atoms with van der Waals surface area (Å²) in [5.74, 6) is -1.03. The molecule has 0 fully saturated rings. The number of hydrogen-bond donors (Lipinski definition) is 2. The van der Waals surface area contributed by atoms with Gasteiger partial charge in [-0.3, -0.25) is 4.57 Å². The maximum atomic E-state index is 12.3. The summed E-state index contributed by atoms with van der Waals surface area (Å²) in [5.41, 5.74) is 0.446. The molecule has 0 aromatic heterocycles. The normalized spacial score (nSPS) is 16.7. The van der Waals surface area contributed by atoms with Gasteiger partial charge in [0.1, 0.15) is 5.62 Å². The highest BCUT2D eigenvalue weighted by Crippen LogP contribution is 2.48. The lowest BCUT2D eigenvalue weighted by atomic mass is 10.1. The summed E-state index contributed by atoms with van der Waals surface area (Å²) in [6, 6.07) is 6.28. The summed E-state index contributed by atoms with van der Waals surface area (Å²) in [6.45, 7) is 5.55. The Morgan fingerprint density at radius 2 is 1.81 bits per heavy atom. The number of benzene rings is 1. The smallest absolute Gasteiger partial charge is 0.241 e. The van der Waals surface area contributed by atoms with Crippen LogP contribution in [0.4, 0.5) is 0 Å². The molecule has 0 bridgehead atoms. The molecule has 2 N–H and O–H groups in total. The molecule has 0 amide bonds. The highest BCUT2D eigenvalue weighted by Gasteiger charge is 2.34. The topological polar surface area (TPSA) is 83.5 Å². The van der Waals surface area contributed by atoms with Gasteiger partial charge in [0.15, 0.2) is 0 Å². The van der Waals surface area contributed by atoms with Gasteiger partial charge in [0.2, 0.25) is 17.4 Å². The van der Waals surface area contributed by atoms with E-state index in [9.17, 15) is 17.9 Å². The molecule has 5 nitrogen and oxygen atoms in total. The first-order valence-electron chi connectivity index (χ1n) is 6.55. The zero-order valence-electron chi connectivity index (χ0n) is 12.3. The second kappa shape index (κ2) is 7.25. The molecular formula is C13H21ClNO4PS. The molecule has 21 heavy (non-hydrogen) atoms. The molecule has 1 rings (SSSR count). The van der Waals surface area contributed by atoms with Gasteiger partial charge < -0.3 is 4.89 Å². The van der Waals surface area contributed by atoms with Crippen molar-refractivity contribution in [3.8, 4) is 0 Å². The minimum atomic E-state index is -3.86. The molecule has 0 radical (unpaired) electrons. The van der Waals surface area contributed by atoms with Gasteiger partial charge in [-0.15, -0.1) is 11.6 Å². The number of sulfonamides is 1. The first-order chi connectivity index (χ1) is 9.58. The van der Waals surface area contributed by atoms with Gasteiger partial charge in [0, 0.05) is 0 Å². The Hall–Kier alpha value is -0.390. The SMILES string of the molecule is Cc1ccc(S(=O)(=O)NC(CC(C)C)P(=O)(O)CCl)cc1. The maximum absolute atomic E-state index is 12.3. The average molecular weight is 354 g/mol. The standard InChI is InChI=1S/C13H21ClNO4PS/c1-10(2)8-13(20(16,17)9-14)15-21(18,19)12-6-4-11(3)5-7-12/h4-7,10,13,15H,8-9H2,1-3H3,(H,16,17). The monoisotopic (exact) mass is 353 g/mol. The number of alkyl halides is 1. The van der Waals surface area contributed by atoms with Gasteiger partial charge >= 0.3 is 0 Å². The lowest BCUT2D eigenvalue weighted by molar-refractivity contribution is 0.436. The van der Waals surface area contributed by atoms with E-state index in [4.69, 9.17) is 11.6 Å². The van der Waals surface area contributed by atoms with Crippen LogP contribution >= 0.6 is 19.0 Å². The van der Waals surface area contributed by atoms with Gasteiger partial charge in [-0.05, 0) is 31.4 Å². The molecule has 0 heterocycles. The molecule has 0 aliphatic carbocycles. The third-order valence-electron chi connectivity index (χ3n) is 2.98. The third kappa shape index (κ3) is 5.38. The van der Waals surface area contributed by atoms with Crippen LogP contribution in [0, 0.1) is 12.8 Å². The van der Waals surface area contributed by atoms with Crippen molar-refractivity contribution in [3.63, 3.8) is 0 Å². The van der Waals surface area contributed by atoms with Crippen molar-refractivity contribution >= 4 is 29.0 Å². The van der Waals surface area contributed by atoms with Gasteiger partial charge in [-0.1, -0.05) is 31.5 Å². The van der Waals surface area contributed by atoms with Gasteiger partial charge in [-0.2, -0.15) is 4.72 Å². The first-order valence-corrected chi connectivity index (χ1v) is 10.5. The van der Waals surface area contributed by atoms with E-state index in [1.54, 1.807) is 12.1 Å². The van der Waals surface area contributed by atoms with Crippen molar-refractivity contribution in [1.82, 2.24) is 4.72 Å². The molecular weight excluding hydrogens is 333 g/mol. The summed E-state index contributed by atoms with van der Waals surface area (Å²) in [4.78, 5) is 9.95. The Labute approximate surface area is 131 Å². The molecule has 0 spiro atoms. The largest absolute Gasteiger partial charge is 0.342 e. The molecule has 0 aliphatic rings. The second-order valence-electron chi connectivity index (χ2n) is 5.45. The van der Waals surface area contributed by atoms with Crippen LogP contribution in [0.15, 0.2) is 29.2 Å². The number of rotatable bonds is 7. The maximum Gasteiger partial charge on any atom is 0.241 e. The predicted octanol–water partition coefficient (Wildman–Crippen LogP) is 3.11. The van der Waals surface area contributed by atoms with Crippen molar-refractivity contribution in [1.29, 1.82) is 0 Å². The molecule has 1 aromatic carbocycles. The van der Waals surface area contributed by atoms with Crippen molar-refractivity contribution in [2.24, 2.45) is 5.92 Å². The van der Waals surface area contributed by atoms with Gasteiger partial charge in [0.25, 0.3) is 0 Å². The number of halogens is 1. The zero-order valence-corrected chi connectivity index (χ0v) is 14.8. The van der Waals surface area contributed by atoms with Crippen LogP contribution in [-0.2, 0) is 14.6 Å². The second-order valence-corrected chi connectivity index (χ2v) is 10.3. The number of nitrogens with one attached hydrogen (secondary N) is 1. The Bertz CT molecular complexity index is 616. The molecule has 1 aromatic rings. The van der Waals surface area contributed by atoms with E-state index in [-0.39, 0.29) is 17.2 Å². The fourth-order valence-electron chi connectivity index (χ4n) is 1.79. The Morgan fingerprint density at radius 1 is 1.29 bits per heavy atom. The first kappa shape index (κ1) is 18.7. The molecule has 0 saturated carbocycles. The van der Waals surface area contributed by atoms with E-state index in [1.807, 2.05) is 20.8 Å². The fraction of sp³-hybridized carbons (Fsp3) is 0.538. The van der Waals surface area contributed by atoms with Crippen LogP contribution in [0.3, 0.4) is 0 Å². The van der Waals surface area contributed by atoms with Crippen LogP contribution in [-0.4, -0.2) is 24.7 Å². The predicted molar refractivity (Wildman–Crippen MR) is 85.3 cm³/mol. The van der Waals surface area contributed by atoms with Crippen LogP contribution in [0.5, 0.6) is 0 Å². The third-order valence-corrected chi connectivity index (χ3v) is 7.32. The highest BCUT2D eigenvalue weighted by molar-refractivity contribution is 7.90. The molecule has 2 unspecified atom stereocenters. The van der Waals surface area contributed by atoms with Crippen molar-refractivity contribution in [3.05, 3.63) is 29.8 Å². The van der Waals surface area contributed by atoms with Gasteiger partial charge in [-0.25, -0.2) is 8.42 Å². The Morgan fingerprint density at radius 3 is 2.24 bits per heavy atom. The van der Waals surface area contributed by atoms with E-state index in [0.717, 1.165) is 5.56 Å². The van der Waals surface area contributed by atoms with E-state index >= 15 is 0 Å². The van der Waals surface area contributed by atoms with E-state index < -0.39 is 28.8 Å². The molecule has 120 valence electrons. The lowest BCUT2D eigenvalue weighted by Crippen LogP contribution is -2.36. The minimum Gasteiger partial charge on any atom is -0.342 e. The van der Waals surface area contributed by atoms with Crippen LogP contribution < -0.4 is 4.72 Å². The number of aryl methyl sites for hydroxylation is 1. The quantitative estimate of drug-likeness (QED) is 0.582. The zero-order chi connectivity index (χ0) is 16.3. The van der Waals surface area contributed by atoms with E-state index in [1.165, 1.54) is 12.1 Å². The van der Waals surface area contributed by atoms with Crippen LogP contribution in [0.25, 0.3) is 0 Å². The van der Waals surface area contributed by atoms with Crippen molar-refractivity contribution < 1.29 is 17.9 Å². The van der Waals surface area contributed by atoms with Crippen LogP contribution in [0.2, 0.25) is 0 Å². The van der Waals surface area contributed by atoms with Crippen molar-refractivity contribution in [2.75, 3.05) is 5.62 Å². The summed E-state index contributed by atoms with van der Waals surface area (Å²) in [6.07, 6.45) is 0.242. The van der Waals surface area contributed by atoms with E-state index in [2.05, 4.69) is 4.72 Å². The molecule has 8 heteroatoms. The average Bonchev–Trinajstić information content (AvgIpc) is 2.37. The van der Waals surface area contributed by atoms with Gasteiger partial charge in [0.05, 0.1) is 10.7 Å². The lowest BCUT2D eigenvalue weighted by Gasteiger charge is -2.24.